The molecular weight excluding hydrogens is 298 g/mol. The van der Waals surface area contributed by atoms with Crippen LogP contribution in [0.1, 0.15) is 11.1 Å². The highest BCUT2D eigenvalue weighted by Crippen LogP contribution is 2.22. The van der Waals surface area contributed by atoms with E-state index in [0.717, 1.165) is 39.4 Å². The average Bonchev–Trinajstić information content (AvgIpc) is 3.12. The summed E-state index contributed by atoms with van der Waals surface area (Å²) in [7, 11) is 0. The third-order valence-corrected chi connectivity index (χ3v) is 4.66. The molecule has 4 nitrogen and oxygen atoms in total. The fourth-order valence-electron chi connectivity index (χ4n) is 3.41. The van der Waals surface area contributed by atoms with Gasteiger partial charge in [-0.3, -0.25) is 0 Å². The number of para-hydroxylation sites is 1. The van der Waals surface area contributed by atoms with Crippen LogP contribution in [0.15, 0.2) is 54.7 Å². The zero-order valence-corrected chi connectivity index (χ0v) is 13.8. The van der Waals surface area contributed by atoms with Crippen molar-refractivity contribution in [2.24, 2.45) is 0 Å². The molecule has 0 spiro atoms. The zero-order valence-electron chi connectivity index (χ0n) is 13.8. The maximum Gasteiger partial charge on any atom is 0.0642 e. The van der Waals surface area contributed by atoms with Gasteiger partial charge in [0.05, 0.1) is 13.2 Å². The second-order valence-corrected chi connectivity index (χ2v) is 6.19. The van der Waals surface area contributed by atoms with E-state index in [9.17, 15) is 0 Å². The first kappa shape index (κ1) is 15.2. The number of hydrogen-bond donors (Lipinski definition) is 2. The number of aromatic nitrogens is 1. The lowest BCUT2D eigenvalue weighted by atomic mass is 10.1. The number of benzene rings is 2. The maximum atomic E-state index is 5.47. The molecule has 3 aromatic rings. The van der Waals surface area contributed by atoms with Gasteiger partial charge in [-0.2, -0.15) is 0 Å². The summed E-state index contributed by atoms with van der Waals surface area (Å²) < 4.78 is 5.47. The van der Waals surface area contributed by atoms with E-state index in [4.69, 9.17) is 4.74 Å². The average molecular weight is 321 g/mol. The number of hydrogen-bond acceptors (Lipinski definition) is 3. The third kappa shape index (κ3) is 3.16. The van der Waals surface area contributed by atoms with Gasteiger partial charge in [-0.15, -0.1) is 0 Å². The van der Waals surface area contributed by atoms with Gasteiger partial charge in [0, 0.05) is 49.0 Å². The van der Waals surface area contributed by atoms with Crippen LogP contribution in [0.2, 0.25) is 0 Å². The van der Waals surface area contributed by atoms with E-state index in [1.165, 1.54) is 27.7 Å². The number of aromatic amines is 1. The highest BCUT2D eigenvalue weighted by Gasteiger charge is 2.14. The van der Waals surface area contributed by atoms with Crippen molar-refractivity contribution in [3.8, 4) is 0 Å². The van der Waals surface area contributed by atoms with E-state index in [0.29, 0.717) is 0 Å². The van der Waals surface area contributed by atoms with Gasteiger partial charge in [0.25, 0.3) is 0 Å². The summed E-state index contributed by atoms with van der Waals surface area (Å²) >= 11 is 0. The van der Waals surface area contributed by atoms with Crippen molar-refractivity contribution in [2.75, 3.05) is 31.2 Å². The van der Waals surface area contributed by atoms with Gasteiger partial charge in [0.2, 0.25) is 0 Å². The largest absolute Gasteiger partial charge is 0.378 e. The summed E-state index contributed by atoms with van der Waals surface area (Å²) in [6.07, 6.45) is 2.00. The number of ether oxygens (including phenoxy) is 1. The van der Waals surface area contributed by atoms with E-state index in [2.05, 4.69) is 63.7 Å². The van der Waals surface area contributed by atoms with Gasteiger partial charge in [0.1, 0.15) is 0 Å². The topological polar surface area (TPSA) is 40.3 Å². The Hall–Kier alpha value is -2.30. The summed E-state index contributed by atoms with van der Waals surface area (Å²) in [5, 5.41) is 4.91. The standard InChI is InChI=1S/C20H23N3O/c1-2-7-20(23-10-12-24-13-11-23)17(4-1)15-21-14-16-5-3-6-19-18(16)8-9-22-19/h1-9,21-22H,10-15H2. The van der Waals surface area contributed by atoms with Crippen LogP contribution in [-0.2, 0) is 17.8 Å². The van der Waals surface area contributed by atoms with Crippen molar-refractivity contribution in [3.05, 3.63) is 65.9 Å². The van der Waals surface area contributed by atoms with Gasteiger partial charge in [0.15, 0.2) is 0 Å². The Balaban J connectivity index is 1.45. The van der Waals surface area contributed by atoms with Crippen molar-refractivity contribution in [2.45, 2.75) is 13.1 Å². The Morgan fingerprint density at radius 3 is 2.62 bits per heavy atom. The molecule has 4 rings (SSSR count). The van der Waals surface area contributed by atoms with Crippen molar-refractivity contribution >= 4 is 16.6 Å². The Morgan fingerprint density at radius 2 is 1.71 bits per heavy atom. The van der Waals surface area contributed by atoms with Crippen molar-refractivity contribution < 1.29 is 4.74 Å². The molecule has 1 aliphatic rings. The second-order valence-electron chi connectivity index (χ2n) is 6.19. The lowest BCUT2D eigenvalue weighted by molar-refractivity contribution is 0.122. The summed E-state index contributed by atoms with van der Waals surface area (Å²) in [5.41, 5.74) is 5.20. The van der Waals surface area contributed by atoms with Crippen LogP contribution >= 0.6 is 0 Å². The van der Waals surface area contributed by atoms with Gasteiger partial charge in [-0.1, -0.05) is 30.3 Å². The molecule has 1 fully saturated rings. The number of H-pyrrole nitrogens is 1. The van der Waals surface area contributed by atoms with Crippen LogP contribution in [0.4, 0.5) is 5.69 Å². The van der Waals surface area contributed by atoms with E-state index in [1.807, 2.05) is 6.20 Å². The van der Waals surface area contributed by atoms with Crippen LogP contribution in [0, 0.1) is 0 Å². The van der Waals surface area contributed by atoms with Gasteiger partial charge in [-0.25, -0.2) is 0 Å². The normalized spacial score (nSPS) is 15.1. The van der Waals surface area contributed by atoms with E-state index in [-0.39, 0.29) is 0 Å². The van der Waals surface area contributed by atoms with E-state index < -0.39 is 0 Å². The van der Waals surface area contributed by atoms with E-state index >= 15 is 0 Å². The Morgan fingerprint density at radius 1 is 0.917 bits per heavy atom. The number of anilines is 1. The molecular formula is C20H23N3O. The molecule has 1 saturated heterocycles. The summed E-state index contributed by atoms with van der Waals surface area (Å²) in [4.78, 5) is 5.70. The molecule has 0 saturated carbocycles. The molecule has 2 heterocycles. The fourth-order valence-corrected chi connectivity index (χ4v) is 3.41. The van der Waals surface area contributed by atoms with Crippen molar-refractivity contribution in [1.82, 2.24) is 10.3 Å². The molecule has 0 radical (unpaired) electrons. The van der Waals surface area contributed by atoms with Crippen LogP contribution in [0.5, 0.6) is 0 Å². The first-order chi connectivity index (χ1) is 11.9. The first-order valence-corrected chi connectivity index (χ1v) is 8.58. The Labute approximate surface area is 142 Å². The molecule has 0 amide bonds. The summed E-state index contributed by atoms with van der Waals surface area (Å²) in [5.74, 6) is 0. The highest BCUT2D eigenvalue weighted by molar-refractivity contribution is 5.82. The fraction of sp³-hybridized carbons (Fsp3) is 0.300. The van der Waals surface area contributed by atoms with Crippen molar-refractivity contribution in [3.63, 3.8) is 0 Å². The monoisotopic (exact) mass is 321 g/mol. The van der Waals surface area contributed by atoms with Crippen molar-refractivity contribution in [1.29, 1.82) is 0 Å². The first-order valence-electron chi connectivity index (χ1n) is 8.58. The van der Waals surface area contributed by atoms with Crippen LogP contribution < -0.4 is 10.2 Å². The number of fused-ring (bicyclic) bond motifs is 1. The van der Waals surface area contributed by atoms with Gasteiger partial charge >= 0.3 is 0 Å². The Bertz CT molecular complexity index is 805. The van der Waals surface area contributed by atoms with Crippen LogP contribution in [-0.4, -0.2) is 31.3 Å². The number of nitrogens with one attached hydrogen (secondary N) is 2. The summed E-state index contributed by atoms with van der Waals surface area (Å²) in [6, 6.07) is 17.2. The summed E-state index contributed by atoms with van der Waals surface area (Å²) in [6.45, 7) is 5.31. The highest BCUT2D eigenvalue weighted by atomic mass is 16.5. The number of rotatable bonds is 5. The smallest absolute Gasteiger partial charge is 0.0642 e. The minimum absolute atomic E-state index is 0.817. The molecule has 24 heavy (non-hydrogen) atoms. The Kier molecular flexibility index (Phi) is 4.49. The lowest BCUT2D eigenvalue weighted by Gasteiger charge is -2.30. The molecule has 0 atom stereocenters. The van der Waals surface area contributed by atoms with Crippen LogP contribution in [0.25, 0.3) is 10.9 Å². The third-order valence-electron chi connectivity index (χ3n) is 4.66. The number of nitrogens with zero attached hydrogens (tertiary/aromatic N) is 1. The molecule has 2 aromatic carbocycles. The molecule has 1 aliphatic heterocycles. The second kappa shape index (κ2) is 7.07. The van der Waals surface area contributed by atoms with Crippen LogP contribution in [0.3, 0.4) is 0 Å². The quantitative estimate of drug-likeness (QED) is 0.757. The van der Waals surface area contributed by atoms with Gasteiger partial charge in [-0.05, 0) is 29.3 Å². The molecule has 2 N–H and O–H groups in total. The molecule has 4 heteroatoms. The lowest BCUT2D eigenvalue weighted by Crippen LogP contribution is -2.37. The van der Waals surface area contributed by atoms with Gasteiger partial charge < -0.3 is 19.9 Å². The minimum atomic E-state index is 0.817. The SMILES string of the molecule is c1ccc(N2CCOCC2)c(CNCc2cccc3[nH]ccc23)c1. The molecule has 0 aliphatic carbocycles. The number of morpholine rings is 1. The maximum absolute atomic E-state index is 5.47. The molecule has 0 unspecified atom stereocenters. The minimum Gasteiger partial charge on any atom is -0.378 e. The molecule has 124 valence electrons. The predicted octanol–water partition coefficient (Wildman–Crippen LogP) is 3.29. The van der Waals surface area contributed by atoms with E-state index in [1.54, 1.807) is 0 Å². The zero-order chi connectivity index (χ0) is 16.2. The molecule has 1 aromatic heterocycles. The molecule has 0 bridgehead atoms. The predicted molar refractivity (Wildman–Crippen MR) is 98.3 cm³/mol.